The molecular formula is C12H18BrCl2N. The van der Waals surface area contributed by atoms with Crippen LogP contribution in [0.5, 0.6) is 0 Å². The molecule has 0 aliphatic heterocycles. The first kappa shape index (κ1) is 16.2. The lowest BCUT2D eigenvalue weighted by Crippen LogP contribution is -2.11. The highest BCUT2D eigenvalue weighted by atomic mass is 79.9. The standard InChI is InChI=1S/C12H17BrClN.ClH/c1-8(2)3-6-12(15)10-5-4-9(14)7-11(10)13;/h4-5,7-8,12H,3,6,15H2,1-2H3;1H/t12-;/m1./s1. The van der Waals surface area contributed by atoms with E-state index in [4.69, 9.17) is 17.3 Å². The van der Waals surface area contributed by atoms with Crippen LogP contribution >= 0.6 is 39.9 Å². The van der Waals surface area contributed by atoms with E-state index in [0.717, 1.165) is 27.9 Å². The topological polar surface area (TPSA) is 26.0 Å². The van der Waals surface area contributed by atoms with E-state index < -0.39 is 0 Å². The number of halogens is 3. The van der Waals surface area contributed by atoms with Gasteiger partial charge < -0.3 is 5.73 Å². The molecule has 0 aliphatic rings. The second-order valence-corrected chi connectivity index (χ2v) is 5.53. The van der Waals surface area contributed by atoms with Crippen LogP contribution in [0.4, 0.5) is 0 Å². The average molecular weight is 327 g/mol. The molecule has 16 heavy (non-hydrogen) atoms. The van der Waals surface area contributed by atoms with Gasteiger partial charge in [-0.2, -0.15) is 0 Å². The van der Waals surface area contributed by atoms with Crippen molar-refractivity contribution in [3.8, 4) is 0 Å². The van der Waals surface area contributed by atoms with Crippen molar-refractivity contribution >= 4 is 39.9 Å². The lowest BCUT2D eigenvalue weighted by Gasteiger charge is -2.15. The molecule has 1 aromatic rings. The number of nitrogens with two attached hydrogens (primary N) is 1. The van der Waals surface area contributed by atoms with E-state index in [-0.39, 0.29) is 18.4 Å². The third-order valence-electron chi connectivity index (χ3n) is 2.42. The van der Waals surface area contributed by atoms with Crippen molar-refractivity contribution in [2.24, 2.45) is 11.7 Å². The Morgan fingerprint density at radius 3 is 2.44 bits per heavy atom. The van der Waals surface area contributed by atoms with Gasteiger partial charge in [-0.25, -0.2) is 0 Å². The Labute approximate surface area is 117 Å². The minimum absolute atomic E-state index is 0. The Morgan fingerprint density at radius 1 is 1.31 bits per heavy atom. The zero-order chi connectivity index (χ0) is 11.4. The summed E-state index contributed by atoms with van der Waals surface area (Å²) in [6.07, 6.45) is 2.16. The SMILES string of the molecule is CC(C)CC[C@@H](N)c1ccc(Cl)cc1Br.Cl. The molecule has 0 radical (unpaired) electrons. The molecule has 92 valence electrons. The first-order valence-corrected chi connectivity index (χ1v) is 6.38. The molecule has 0 spiro atoms. The third-order valence-corrected chi connectivity index (χ3v) is 3.34. The zero-order valence-electron chi connectivity index (χ0n) is 9.54. The van der Waals surface area contributed by atoms with E-state index in [9.17, 15) is 0 Å². The summed E-state index contributed by atoms with van der Waals surface area (Å²) in [7, 11) is 0. The summed E-state index contributed by atoms with van der Waals surface area (Å²) in [6, 6.07) is 5.87. The quantitative estimate of drug-likeness (QED) is 0.831. The summed E-state index contributed by atoms with van der Waals surface area (Å²) in [5.41, 5.74) is 7.26. The average Bonchev–Trinajstić information content (AvgIpc) is 2.14. The Hall–Kier alpha value is 0.240. The van der Waals surface area contributed by atoms with Crippen LogP contribution in [-0.4, -0.2) is 0 Å². The van der Waals surface area contributed by atoms with Crippen LogP contribution in [0.3, 0.4) is 0 Å². The molecule has 1 nitrogen and oxygen atoms in total. The molecule has 0 aliphatic carbocycles. The van der Waals surface area contributed by atoms with Crippen molar-refractivity contribution in [3.63, 3.8) is 0 Å². The number of benzene rings is 1. The van der Waals surface area contributed by atoms with E-state index in [1.165, 1.54) is 0 Å². The van der Waals surface area contributed by atoms with E-state index in [1.54, 1.807) is 0 Å². The predicted molar refractivity (Wildman–Crippen MR) is 77.4 cm³/mol. The first-order chi connectivity index (χ1) is 7.00. The van der Waals surface area contributed by atoms with Crippen molar-refractivity contribution in [2.75, 3.05) is 0 Å². The molecule has 0 saturated heterocycles. The highest BCUT2D eigenvalue weighted by Crippen LogP contribution is 2.28. The van der Waals surface area contributed by atoms with Crippen molar-refractivity contribution in [1.82, 2.24) is 0 Å². The van der Waals surface area contributed by atoms with Gasteiger partial charge >= 0.3 is 0 Å². The summed E-state index contributed by atoms with van der Waals surface area (Å²) in [5.74, 6) is 0.696. The summed E-state index contributed by atoms with van der Waals surface area (Å²) < 4.78 is 1.01. The molecule has 0 fully saturated rings. The molecule has 0 amide bonds. The van der Waals surface area contributed by atoms with Gasteiger partial charge in [-0.1, -0.05) is 47.4 Å². The van der Waals surface area contributed by atoms with Crippen molar-refractivity contribution < 1.29 is 0 Å². The van der Waals surface area contributed by atoms with E-state index >= 15 is 0 Å². The van der Waals surface area contributed by atoms with E-state index in [1.807, 2.05) is 18.2 Å². The number of hydrogen-bond donors (Lipinski definition) is 1. The van der Waals surface area contributed by atoms with Crippen molar-refractivity contribution in [1.29, 1.82) is 0 Å². The lowest BCUT2D eigenvalue weighted by molar-refractivity contribution is 0.506. The zero-order valence-corrected chi connectivity index (χ0v) is 12.7. The smallest absolute Gasteiger partial charge is 0.0417 e. The maximum Gasteiger partial charge on any atom is 0.0417 e. The van der Waals surface area contributed by atoms with Gasteiger partial charge in [0.1, 0.15) is 0 Å². The summed E-state index contributed by atoms with van der Waals surface area (Å²) in [5, 5.41) is 0.738. The van der Waals surface area contributed by atoms with Crippen LogP contribution in [0.25, 0.3) is 0 Å². The van der Waals surface area contributed by atoms with Gasteiger partial charge in [-0.05, 0) is 36.5 Å². The maximum atomic E-state index is 6.12. The van der Waals surface area contributed by atoms with Crippen LogP contribution in [0.15, 0.2) is 22.7 Å². The number of hydrogen-bond acceptors (Lipinski definition) is 1. The van der Waals surface area contributed by atoms with Gasteiger partial charge in [-0.15, -0.1) is 12.4 Å². The summed E-state index contributed by atoms with van der Waals surface area (Å²) >= 11 is 9.37. The maximum absolute atomic E-state index is 6.12. The Morgan fingerprint density at radius 2 is 1.94 bits per heavy atom. The Kier molecular flexibility index (Phi) is 7.66. The normalized spacial score (nSPS) is 12.4. The molecule has 0 saturated carbocycles. The van der Waals surface area contributed by atoms with Crippen LogP contribution in [0.2, 0.25) is 5.02 Å². The van der Waals surface area contributed by atoms with Crippen LogP contribution in [0, 0.1) is 5.92 Å². The molecule has 1 aromatic carbocycles. The van der Waals surface area contributed by atoms with Gasteiger partial charge in [0, 0.05) is 15.5 Å². The van der Waals surface area contributed by atoms with Crippen LogP contribution in [0.1, 0.15) is 38.3 Å². The molecular weight excluding hydrogens is 309 g/mol. The van der Waals surface area contributed by atoms with Gasteiger partial charge in [-0.3, -0.25) is 0 Å². The van der Waals surface area contributed by atoms with E-state index in [2.05, 4.69) is 29.8 Å². The second-order valence-electron chi connectivity index (χ2n) is 4.24. The number of rotatable bonds is 4. The molecule has 0 heterocycles. The second kappa shape index (κ2) is 7.54. The van der Waals surface area contributed by atoms with Crippen LogP contribution < -0.4 is 5.73 Å². The van der Waals surface area contributed by atoms with Crippen molar-refractivity contribution in [2.45, 2.75) is 32.7 Å². The molecule has 4 heteroatoms. The highest BCUT2D eigenvalue weighted by Gasteiger charge is 2.10. The Balaban J connectivity index is 0.00000225. The van der Waals surface area contributed by atoms with Gasteiger partial charge in [0.25, 0.3) is 0 Å². The summed E-state index contributed by atoms with van der Waals surface area (Å²) in [6.45, 7) is 4.42. The monoisotopic (exact) mass is 325 g/mol. The molecule has 0 unspecified atom stereocenters. The van der Waals surface area contributed by atoms with Crippen LogP contribution in [-0.2, 0) is 0 Å². The first-order valence-electron chi connectivity index (χ1n) is 5.21. The molecule has 1 atom stereocenters. The van der Waals surface area contributed by atoms with E-state index in [0.29, 0.717) is 5.92 Å². The highest BCUT2D eigenvalue weighted by molar-refractivity contribution is 9.10. The lowest BCUT2D eigenvalue weighted by atomic mass is 9.98. The molecule has 2 N–H and O–H groups in total. The Bertz CT molecular complexity index is 329. The molecule has 1 rings (SSSR count). The largest absolute Gasteiger partial charge is 0.324 e. The van der Waals surface area contributed by atoms with Gasteiger partial charge in [0.15, 0.2) is 0 Å². The van der Waals surface area contributed by atoms with Gasteiger partial charge in [0.05, 0.1) is 0 Å². The fourth-order valence-electron chi connectivity index (χ4n) is 1.47. The predicted octanol–water partition coefficient (Wildman–Crippen LogP) is 4.96. The van der Waals surface area contributed by atoms with Gasteiger partial charge in [0.2, 0.25) is 0 Å². The minimum atomic E-state index is 0. The molecule has 0 bridgehead atoms. The minimum Gasteiger partial charge on any atom is -0.324 e. The third kappa shape index (κ3) is 5.05. The fourth-order valence-corrected chi connectivity index (χ4v) is 2.45. The van der Waals surface area contributed by atoms with Crippen molar-refractivity contribution in [3.05, 3.63) is 33.3 Å². The molecule has 0 aromatic heterocycles. The summed E-state index contributed by atoms with van der Waals surface area (Å²) in [4.78, 5) is 0. The fraction of sp³-hybridized carbons (Fsp3) is 0.500.